The lowest BCUT2D eigenvalue weighted by molar-refractivity contribution is -0.140. The molecule has 0 aromatic heterocycles. The van der Waals surface area contributed by atoms with E-state index in [0.29, 0.717) is 38.4 Å². The number of hydrogen-bond acceptors (Lipinski definition) is 4. The maximum Gasteiger partial charge on any atom is 0.245 e. The van der Waals surface area contributed by atoms with E-state index in [-0.39, 0.29) is 29.8 Å². The Morgan fingerprint density at radius 3 is 2.44 bits per heavy atom. The molecule has 1 aliphatic heterocycles. The summed E-state index contributed by atoms with van der Waals surface area (Å²) >= 11 is 0. The van der Waals surface area contributed by atoms with Gasteiger partial charge in [-0.05, 0) is 51.1 Å². The van der Waals surface area contributed by atoms with E-state index in [1.807, 2.05) is 41.8 Å². The van der Waals surface area contributed by atoms with Crippen molar-refractivity contribution in [2.45, 2.75) is 96.2 Å². The van der Waals surface area contributed by atoms with E-state index >= 15 is 0 Å². The molecule has 1 aromatic carbocycles. The van der Waals surface area contributed by atoms with Crippen LogP contribution in [0.5, 0.6) is 0 Å². The molecule has 1 aliphatic carbocycles. The van der Waals surface area contributed by atoms with Gasteiger partial charge in [0.15, 0.2) is 0 Å². The number of benzene rings is 1. The summed E-state index contributed by atoms with van der Waals surface area (Å²) in [6, 6.07) is 9.36. The minimum Gasteiger partial charge on any atom is -0.343 e. The minimum atomic E-state index is -0.503. The van der Waals surface area contributed by atoms with Crippen molar-refractivity contribution in [2.75, 3.05) is 26.7 Å². The Morgan fingerprint density at radius 1 is 1.06 bits per heavy atom. The molecule has 36 heavy (non-hydrogen) atoms. The first-order chi connectivity index (χ1) is 17.4. The summed E-state index contributed by atoms with van der Waals surface area (Å²) in [6.45, 7) is 5.61. The highest BCUT2D eigenvalue weighted by Gasteiger charge is 2.36. The van der Waals surface area contributed by atoms with Crippen molar-refractivity contribution in [1.29, 1.82) is 0 Å². The fourth-order valence-corrected chi connectivity index (χ4v) is 5.63. The number of hydrogen-bond donors (Lipinski definition) is 2. The van der Waals surface area contributed by atoms with Gasteiger partial charge in [-0.3, -0.25) is 14.4 Å². The minimum absolute atomic E-state index is 0.00347. The van der Waals surface area contributed by atoms with E-state index in [4.69, 9.17) is 0 Å². The van der Waals surface area contributed by atoms with Crippen LogP contribution in [0.15, 0.2) is 30.3 Å². The van der Waals surface area contributed by atoms with Gasteiger partial charge in [0.25, 0.3) is 0 Å². The van der Waals surface area contributed by atoms with E-state index < -0.39 is 6.04 Å². The summed E-state index contributed by atoms with van der Waals surface area (Å²) in [5, 5.41) is 6.06. The standard InChI is InChI=1S/C29H46N4O3/c1-4-27(34)32(19-17-23-12-7-5-8-13-23)21-25-16-11-18-33(25)29(36)26(31-28(35)22(2)30-3)20-24-14-9-6-10-15-24/h5,7-8,12-13,22,24-26,30H,4,6,9-11,14-21H2,1-3H3,(H,31,35)/t22-,25-,26-/m0/s1. The summed E-state index contributed by atoms with van der Waals surface area (Å²) in [7, 11) is 1.76. The molecular formula is C29H46N4O3. The van der Waals surface area contributed by atoms with Gasteiger partial charge in [0, 0.05) is 32.1 Å². The highest BCUT2D eigenvalue weighted by atomic mass is 16.2. The van der Waals surface area contributed by atoms with E-state index in [2.05, 4.69) is 22.8 Å². The Morgan fingerprint density at radius 2 is 1.78 bits per heavy atom. The molecule has 3 atom stereocenters. The van der Waals surface area contributed by atoms with Gasteiger partial charge in [0.1, 0.15) is 6.04 Å². The van der Waals surface area contributed by atoms with Crippen molar-refractivity contribution in [2.24, 2.45) is 5.92 Å². The predicted octanol–water partition coefficient (Wildman–Crippen LogP) is 3.52. The molecule has 7 heteroatoms. The third-order valence-corrected chi connectivity index (χ3v) is 7.99. The van der Waals surface area contributed by atoms with Crippen molar-refractivity contribution >= 4 is 17.7 Å². The molecule has 0 bridgehead atoms. The van der Waals surface area contributed by atoms with Crippen LogP contribution in [-0.4, -0.2) is 72.3 Å². The molecule has 200 valence electrons. The van der Waals surface area contributed by atoms with E-state index in [0.717, 1.165) is 32.1 Å². The van der Waals surface area contributed by atoms with Crippen LogP contribution < -0.4 is 10.6 Å². The van der Waals surface area contributed by atoms with Gasteiger partial charge < -0.3 is 20.4 Å². The quantitative estimate of drug-likeness (QED) is 0.462. The third kappa shape index (κ3) is 8.05. The highest BCUT2D eigenvalue weighted by Crippen LogP contribution is 2.29. The van der Waals surface area contributed by atoms with Gasteiger partial charge in [0.05, 0.1) is 6.04 Å². The number of amides is 3. The zero-order valence-corrected chi connectivity index (χ0v) is 22.5. The molecule has 3 amide bonds. The van der Waals surface area contributed by atoms with Gasteiger partial charge in [-0.2, -0.15) is 0 Å². The summed E-state index contributed by atoms with van der Waals surface area (Å²) < 4.78 is 0. The number of carbonyl (C=O) groups excluding carboxylic acids is 3. The number of likely N-dealkylation sites (N-methyl/N-ethyl adjacent to an activating group) is 1. The van der Waals surface area contributed by atoms with Crippen LogP contribution in [0, 0.1) is 5.92 Å². The third-order valence-electron chi connectivity index (χ3n) is 7.99. The van der Waals surface area contributed by atoms with Crippen molar-refractivity contribution < 1.29 is 14.4 Å². The van der Waals surface area contributed by atoms with E-state index in [1.54, 1.807) is 7.05 Å². The maximum atomic E-state index is 13.9. The lowest BCUT2D eigenvalue weighted by Gasteiger charge is -2.35. The molecule has 2 N–H and O–H groups in total. The second-order valence-corrected chi connectivity index (χ2v) is 10.6. The largest absolute Gasteiger partial charge is 0.343 e. The molecule has 7 nitrogen and oxygen atoms in total. The van der Waals surface area contributed by atoms with Crippen LogP contribution in [0.3, 0.4) is 0 Å². The summed E-state index contributed by atoms with van der Waals surface area (Å²) in [4.78, 5) is 43.3. The molecule has 1 saturated heterocycles. The monoisotopic (exact) mass is 498 g/mol. The zero-order valence-electron chi connectivity index (χ0n) is 22.5. The molecule has 1 saturated carbocycles. The van der Waals surface area contributed by atoms with Crippen LogP contribution in [-0.2, 0) is 20.8 Å². The van der Waals surface area contributed by atoms with Crippen molar-refractivity contribution in [3.8, 4) is 0 Å². The summed E-state index contributed by atoms with van der Waals surface area (Å²) in [5.74, 6) is 0.489. The molecular weight excluding hydrogens is 452 g/mol. The van der Waals surface area contributed by atoms with Gasteiger partial charge in [-0.1, -0.05) is 69.4 Å². The normalized spacial score (nSPS) is 20.1. The van der Waals surface area contributed by atoms with Crippen LogP contribution in [0.4, 0.5) is 0 Å². The molecule has 0 spiro atoms. The Labute approximate surface area is 217 Å². The molecule has 0 unspecified atom stereocenters. The first kappa shape index (κ1) is 28.2. The first-order valence-corrected chi connectivity index (χ1v) is 14.0. The smallest absolute Gasteiger partial charge is 0.245 e. The highest BCUT2D eigenvalue weighted by molar-refractivity contribution is 5.90. The number of nitrogens with zero attached hydrogens (tertiary/aromatic N) is 2. The average Bonchev–Trinajstić information content (AvgIpc) is 3.38. The Bertz CT molecular complexity index is 840. The second-order valence-electron chi connectivity index (χ2n) is 10.6. The molecule has 2 fully saturated rings. The number of nitrogens with one attached hydrogen (secondary N) is 2. The second kappa shape index (κ2) is 14.4. The Kier molecular flexibility index (Phi) is 11.2. The van der Waals surface area contributed by atoms with Crippen molar-refractivity contribution in [3.63, 3.8) is 0 Å². The number of carbonyl (C=O) groups is 3. The SMILES string of the molecule is CCC(=O)N(CCc1ccccc1)C[C@@H]1CCCN1C(=O)[C@H](CC1CCCCC1)NC(=O)[C@H](C)NC. The number of rotatable bonds is 12. The van der Waals surface area contributed by atoms with Gasteiger partial charge in [0.2, 0.25) is 17.7 Å². The average molecular weight is 499 g/mol. The summed E-state index contributed by atoms with van der Waals surface area (Å²) in [5.41, 5.74) is 1.21. The summed E-state index contributed by atoms with van der Waals surface area (Å²) in [6.07, 6.45) is 9.70. The topological polar surface area (TPSA) is 81.8 Å². The Balaban J connectivity index is 1.69. The van der Waals surface area contributed by atoms with Crippen molar-refractivity contribution in [1.82, 2.24) is 20.4 Å². The van der Waals surface area contributed by atoms with E-state index in [1.165, 1.54) is 24.8 Å². The van der Waals surface area contributed by atoms with Gasteiger partial charge in [-0.15, -0.1) is 0 Å². The van der Waals surface area contributed by atoms with Gasteiger partial charge >= 0.3 is 0 Å². The van der Waals surface area contributed by atoms with Crippen LogP contribution in [0.2, 0.25) is 0 Å². The lowest BCUT2D eigenvalue weighted by Crippen LogP contribution is -2.55. The Hall–Kier alpha value is -2.41. The van der Waals surface area contributed by atoms with E-state index in [9.17, 15) is 14.4 Å². The molecule has 1 heterocycles. The predicted molar refractivity (Wildman–Crippen MR) is 143 cm³/mol. The molecule has 2 aliphatic rings. The van der Waals surface area contributed by atoms with Crippen LogP contribution in [0.1, 0.15) is 77.2 Å². The first-order valence-electron chi connectivity index (χ1n) is 14.0. The molecule has 1 aromatic rings. The molecule has 3 rings (SSSR count). The van der Waals surface area contributed by atoms with Gasteiger partial charge in [-0.25, -0.2) is 0 Å². The number of likely N-dealkylation sites (tertiary alicyclic amines) is 1. The fraction of sp³-hybridized carbons (Fsp3) is 0.690. The lowest BCUT2D eigenvalue weighted by atomic mass is 9.84. The van der Waals surface area contributed by atoms with Crippen molar-refractivity contribution in [3.05, 3.63) is 35.9 Å². The molecule has 0 radical (unpaired) electrons. The zero-order chi connectivity index (χ0) is 25.9. The van der Waals surface area contributed by atoms with Crippen LogP contribution in [0.25, 0.3) is 0 Å². The maximum absolute atomic E-state index is 13.9. The fourth-order valence-electron chi connectivity index (χ4n) is 5.63. The van der Waals surface area contributed by atoms with Crippen LogP contribution >= 0.6 is 0 Å².